The molecule has 6 nitrogen and oxygen atoms in total. The molecule has 0 bridgehead atoms. The average molecular weight is 459 g/mol. The van der Waals surface area contributed by atoms with Gasteiger partial charge in [0.05, 0.1) is 10.0 Å². The molecule has 1 aliphatic rings. The maximum absolute atomic E-state index is 10.8. The highest BCUT2D eigenvalue weighted by Crippen LogP contribution is 2.44. The van der Waals surface area contributed by atoms with Crippen molar-refractivity contribution in [1.82, 2.24) is 0 Å². The Kier molecular flexibility index (Phi) is 7.74. The molecule has 9 heteroatoms. The van der Waals surface area contributed by atoms with Gasteiger partial charge in [-0.1, -0.05) is 41.4 Å². The van der Waals surface area contributed by atoms with Crippen LogP contribution in [0, 0.1) is 0 Å². The van der Waals surface area contributed by atoms with Gasteiger partial charge >= 0.3 is 8.25 Å². The van der Waals surface area contributed by atoms with E-state index >= 15 is 0 Å². The predicted octanol–water partition coefficient (Wildman–Crippen LogP) is 5.08. The Labute approximate surface area is 180 Å². The van der Waals surface area contributed by atoms with E-state index in [1.165, 1.54) is 0 Å². The lowest BCUT2D eigenvalue weighted by atomic mass is 9.93. The van der Waals surface area contributed by atoms with Gasteiger partial charge in [0.15, 0.2) is 5.75 Å². The summed E-state index contributed by atoms with van der Waals surface area (Å²) in [6, 6.07) is 13.1. The largest absolute Gasteiger partial charge is 0.694 e. The minimum atomic E-state index is -2.65. The van der Waals surface area contributed by atoms with Crippen molar-refractivity contribution in [3.8, 4) is 11.5 Å². The first-order valence-corrected chi connectivity index (χ1v) is 11.1. The summed E-state index contributed by atoms with van der Waals surface area (Å²) in [5, 5.41) is 0.854. The van der Waals surface area contributed by atoms with Crippen LogP contribution in [0.25, 0.3) is 0 Å². The van der Waals surface area contributed by atoms with Crippen LogP contribution in [-0.2, 0) is 9.09 Å². The van der Waals surface area contributed by atoms with Crippen molar-refractivity contribution in [3.05, 3.63) is 58.1 Å². The van der Waals surface area contributed by atoms with Crippen LogP contribution in [0.15, 0.2) is 42.5 Å². The van der Waals surface area contributed by atoms with Crippen LogP contribution in [0.1, 0.15) is 30.7 Å². The molecule has 0 aromatic heterocycles. The van der Waals surface area contributed by atoms with Gasteiger partial charge in [0.1, 0.15) is 25.6 Å². The van der Waals surface area contributed by atoms with Crippen LogP contribution >= 0.6 is 31.5 Å². The van der Waals surface area contributed by atoms with Crippen molar-refractivity contribution in [2.75, 3.05) is 19.8 Å². The number of benzene rings is 2. The second-order valence-corrected chi connectivity index (χ2v) is 8.69. The molecule has 0 saturated heterocycles. The third kappa shape index (κ3) is 6.29. The summed E-state index contributed by atoms with van der Waals surface area (Å²) in [6.45, 7) is 0.711. The van der Waals surface area contributed by atoms with Gasteiger partial charge < -0.3 is 15.2 Å². The summed E-state index contributed by atoms with van der Waals surface area (Å²) in [5.74, 6) is 1.34. The predicted molar refractivity (Wildman–Crippen MR) is 113 cm³/mol. The van der Waals surface area contributed by atoms with Crippen LogP contribution < -0.4 is 15.2 Å². The summed E-state index contributed by atoms with van der Waals surface area (Å²) < 4.78 is 26.9. The van der Waals surface area contributed by atoms with Crippen molar-refractivity contribution in [3.63, 3.8) is 0 Å². The van der Waals surface area contributed by atoms with Gasteiger partial charge in [0, 0.05) is 10.1 Å². The standard InChI is InChI=1S/C20H22Cl2NO5P/c21-17-10-15(14-6-7-20(23,12-14)13-28-29(24)25)11-18(22)19(17)27-9-8-26-16-4-2-1-3-5-16/h1-5,10-11,14H,6-9,12-13,23H2/p+1/t14-,20-/m1/s1. The molecular weight excluding hydrogens is 436 g/mol. The summed E-state index contributed by atoms with van der Waals surface area (Å²) >= 11 is 12.8. The topological polar surface area (TPSA) is 91.0 Å². The van der Waals surface area contributed by atoms with Crippen molar-refractivity contribution in [2.24, 2.45) is 5.73 Å². The molecule has 3 N–H and O–H groups in total. The van der Waals surface area contributed by atoms with E-state index in [-0.39, 0.29) is 12.5 Å². The Hall–Kier alpha value is -1.40. The van der Waals surface area contributed by atoms with Crippen LogP contribution in [0.5, 0.6) is 11.5 Å². The van der Waals surface area contributed by atoms with Gasteiger partial charge in [-0.3, -0.25) is 0 Å². The van der Waals surface area contributed by atoms with E-state index < -0.39 is 13.8 Å². The van der Waals surface area contributed by atoms with Crippen molar-refractivity contribution >= 4 is 31.5 Å². The van der Waals surface area contributed by atoms with Gasteiger partial charge in [0.25, 0.3) is 0 Å². The molecule has 1 aliphatic carbocycles. The number of hydrogen-bond acceptors (Lipinski definition) is 5. The SMILES string of the molecule is N[C@]1(CO[P+](=O)O)CC[C@@H](c2cc(Cl)c(OCCOc3ccccc3)c(Cl)c2)C1. The molecule has 0 spiro atoms. The molecule has 1 saturated carbocycles. The number of rotatable bonds is 9. The molecule has 29 heavy (non-hydrogen) atoms. The molecule has 0 heterocycles. The van der Waals surface area contributed by atoms with Crippen LogP contribution in [0.4, 0.5) is 0 Å². The number of ether oxygens (including phenoxy) is 2. The van der Waals surface area contributed by atoms with E-state index in [9.17, 15) is 4.57 Å². The minimum absolute atomic E-state index is 0.0409. The van der Waals surface area contributed by atoms with E-state index in [0.717, 1.165) is 17.7 Å². The van der Waals surface area contributed by atoms with E-state index in [2.05, 4.69) is 0 Å². The first kappa shape index (κ1) is 22.3. The van der Waals surface area contributed by atoms with Gasteiger partial charge in [-0.05, 0) is 55.0 Å². The second-order valence-electron chi connectivity index (χ2n) is 7.14. The zero-order valence-corrected chi connectivity index (χ0v) is 18.1. The molecule has 0 radical (unpaired) electrons. The quantitative estimate of drug-likeness (QED) is 0.402. The maximum atomic E-state index is 10.8. The number of nitrogens with two attached hydrogens (primary N) is 1. The Morgan fingerprint density at radius 3 is 2.45 bits per heavy atom. The lowest BCUT2D eigenvalue weighted by molar-refractivity contribution is 0.206. The fraction of sp³-hybridized carbons (Fsp3) is 0.400. The van der Waals surface area contributed by atoms with Gasteiger partial charge in [-0.2, -0.15) is 0 Å². The molecule has 3 atom stereocenters. The molecular formula is C20H23Cl2NO5P+. The average Bonchev–Trinajstić information content (AvgIpc) is 3.09. The maximum Gasteiger partial charge on any atom is 0.694 e. The number of para-hydroxylation sites is 1. The zero-order chi connectivity index (χ0) is 20.9. The van der Waals surface area contributed by atoms with Crippen LogP contribution in [0.3, 0.4) is 0 Å². The van der Waals surface area contributed by atoms with Gasteiger partial charge in [-0.25, -0.2) is 0 Å². The van der Waals surface area contributed by atoms with E-state index in [4.69, 9.17) is 47.8 Å². The van der Waals surface area contributed by atoms with Gasteiger partial charge in [0.2, 0.25) is 0 Å². The van der Waals surface area contributed by atoms with Crippen molar-refractivity contribution < 1.29 is 23.5 Å². The van der Waals surface area contributed by atoms with Crippen LogP contribution in [0.2, 0.25) is 10.0 Å². The van der Waals surface area contributed by atoms with E-state index in [1.807, 2.05) is 42.5 Å². The van der Waals surface area contributed by atoms with Crippen LogP contribution in [-0.4, -0.2) is 30.3 Å². The third-order valence-electron chi connectivity index (χ3n) is 4.94. The lowest BCUT2D eigenvalue weighted by Crippen LogP contribution is -2.41. The molecule has 156 valence electrons. The first-order valence-electron chi connectivity index (χ1n) is 9.24. The third-order valence-corrected chi connectivity index (χ3v) is 5.85. The lowest BCUT2D eigenvalue weighted by Gasteiger charge is -2.21. The normalized spacial score (nSPS) is 21.8. The number of halogens is 2. The molecule has 2 aromatic rings. The molecule has 2 aromatic carbocycles. The van der Waals surface area contributed by atoms with Crippen molar-refractivity contribution in [1.29, 1.82) is 0 Å². The summed E-state index contributed by atoms with van der Waals surface area (Å²) in [7, 11) is -2.65. The Bertz CT molecular complexity index is 831. The molecule has 0 amide bonds. The summed E-state index contributed by atoms with van der Waals surface area (Å²) in [4.78, 5) is 8.84. The molecule has 3 rings (SSSR count). The van der Waals surface area contributed by atoms with E-state index in [0.29, 0.717) is 41.9 Å². The molecule has 1 unspecified atom stereocenters. The Morgan fingerprint density at radius 1 is 1.14 bits per heavy atom. The highest BCUT2D eigenvalue weighted by atomic mass is 35.5. The van der Waals surface area contributed by atoms with E-state index in [1.54, 1.807) is 0 Å². The highest BCUT2D eigenvalue weighted by molar-refractivity contribution is 7.32. The van der Waals surface area contributed by atoms with Gasteiger partial charge in [-0.15, -0.1) is 9.42 Å². The Balaban J connectivity index is 1.57. The second kappa shape index (κ2) is 10.1. The zero-order valence-electron chi connectivity index (χ0n) is 15.7. The smallest absolute Gasteiger partial charge is 0.490 e. The fourth-order valence-electron chi connectivity index (χ4n) is 3.53. The summed E-state index contributed by atoms with van der Waals surface area (Å²) in [6.07, 6.45) is 2.12. The summed E-state index contributed by atoms with van der Waals surface area (Å²) in [5.41, 5.74) is 6.63. The minimum Gasteiger partial charge on any atom is -0.490 e. The monoisotopic (exact) mass is 458 g/mol. The highest BCUT2D eigenvalue weighted by Gasteiger charge is 2.39. The number of hydrogen-bond donors (Lipinski definition) is 2. The first-order chi connectivity index (χ1) is 13.9. The molecule has 0 aliphatic heterocycles. The van der Waals surface area contributed by atoms with Crippen molar-refractivity contribution in [2.45, 2.75) is 30.7 Å². The fourth-order valence-corrected chi connectivity index (χ4v) is 4.51. The Morgan fingerprint density at radius 2 is 1.79 bits per heavy atom. The molecule has 1 fully saturated rings.